The van der Waals surface area contributed by atoms with Crippen molar-refractivity contribution in [3.8, 4) is 0 Å². The van der Waals surface area contributed by atoms with Crippen molar-refractivity contribution in [2.75, 3.05) is 39.8 Å². The van der Waals surface area contributed by atoms with Gasteiger partial charge in [-0.1, -0.05) is 38.1 Å². The maximum Gasteiger partial charge on any atom is 0.193 e. The fourth-order valence-corrected chi connectivity index (χ4v) is 4.24. The van der Waals surface area contributed by atoms with Crippen LogP contribution in [0.15, 0.2) is 29.3 Å². The molecule has 0 spiro atoms. The number of piperidine rings is 1. The van der Waals surface area contributed by atoms with Crippen molar-refractivity contribution in [1.29, 1.82) is 0 Å². The van der Waals surface area contributed by atoms with Crippen molar-refractivity contribution in [1.82, 2.24) is 15.1 Å². The number of nitrogens with zero attached hydrogens (tertiary/aromatic N) is 3. The largest absolute Gasteiger partial charge is 0.356 e. The zero-order valence-electron chi connectivity index (χ0n) is 16.6. The number of nitrogens with one attached hydrogen (secondary N) is 1. The molecule has 146 valence electrons. The summed E-state index contributed by atoms with van der Waals surface area (Å²) in [5.41, 5.74) is 2.93. The zero-order chi connectivity index (χ0) is 17.6. The highest BCUT2D eigenvalue weighted by Gasteiger charge is 2.22. The molecule has 4 nitrogen and oxygen atoms in total. The van der Waals surface area contributed by atoms with E-state index in [4.69, 9.17) is 0 Å². The van der Waals surface area contributed by atoms with Crippen LogP contribution in [0.4, 0.5) is 0 Å². The van der Waals surface area contributed by atoms with E-state index in [0.29, 0.717) is 0 Å². The molecule has 1 saturated heterocycles. The second kappa shape index (κ2) is 10.5. The highest BCUT2D eigenvalue weighted by Crippen LogP contribution is 2.19. The first-order chi connectivity index (χ1) is 12.2. The maximum atomic E-state index is 4.55. The van der Waals surface area contributed by atoms with Crippen molar-refractivity contribution in [2.45, 2.75) is 39.7 Å². The van der Waals surface area contributed by atoms with Gasteiger partial charge in [0.25, 0.3) is 0 Å². The number of aliphatic imine (C=N–C) groups is 1. The van der Waals surface area contributed by atoms with Crippen molar-refractivity contribution in [3.63, 3.8) is 0 Å². The summed E-state index contributed by atoms with van der Waals surface area (Å²) in [7, 11) is 1.91. The van der Waals surface area contributed by atoms with E-state index in [1.807, 2.05) is 7.05 Å². The molecular weight excluding hydrogens is 435 g/mol. The summed E-state index contributed by atoms with van der Waals surface area (Å²) in [4.78, 5) is 9.59. The minimum atomic E-state index is 0. The van der Waals surface area contributed by atoms with Gasteiger partial charge >= 0.3 is 0 Å². The molecule has 3 rings (SSSR count). The average molecular weight is 470 g/mol. The first-order valence-electron chi connectivity index (χ1n) is 9.90. The van der Waals surface area contributed by atoms with E-state index >= 15 is 0 Å². The van der Waals surface area contributed by atoms with Gasteiger partial charge in [0.15, 0.2) is 5.96 Å². The number of hydrogen-bond donors (Lipinski definition) is 1. The second-order valence-electron chi connectivity index (χ2n) is 8.03. The smallest absolute Gasteiger partial charge is 0.193 e. The lowest BCUT2D eigenvalue weighted by Crippen LogP contribution is -2.47. The number of fused-ring (bicyclic) bond motifs is 1. The molecule has 2 aliphatic heterocycles. The van der Waals surface area contributed by atoms with Gasteiger partial charge in [0.2, 0.25) is 0 Å². The lowest BCUT2D eigenvalue weighted by Gasteiger charge is -2.36. The van der Waals surface area contributed by atoms with E-state index in [1.165, 1.54) is 43.6 Å². The van der Waals surface area contributed by atoms with Crippen LogP contribution in [0.3, 0.4) is 0 Å². The molecule has 1 fully saturated rings. The standard InChI is InChI=1S/C21H34N4.HI/c1-17(2)14-24-11-6-7-18(15-24)13-23-21(22-3)25-12-10-19-8-4-5-9-20(19)16-25;/h4-5,8-9,17-18H,6-7,10-16H2,1-3H3,(H,22,23);1H. The molecule has 5 heteroatoms. The summed E-state index contributed by atoms with van der Waals surface area (Å²) in [5, 5.41) is 3.66. The van der Waals surface area contributed by atoms with E-state index in [-0.39, 0.29) is 24.0 Å². The Morgan fingerprint density at radius 1 is 1.23 bits per heavy atom. The molecule has 1 unspecified atom stereocenters. The summed E-state index contributed by atoms with van der Waals surface area (Å²) >= 11 is 0. The Labute approximate surface area is 176 Å². The van der Waals surface area contributed by atoms with Crippen LogP contribution in [-0.2, 0) is 13.0 Å². The molecule has 2 heterocycles. The molecule has 26 heavy (non-hydrogen) atoms. The fraction of sp³-hybridized carbons (Fsp3) is 0.667. The monoisotopic (exact) mass is 470 g/mol. The van der Waals surface area contributed by atoms with Gasteiger partial charge in [-0.15, -0.1) is 24.0 Å². The van der Waals surface area contributed by atoms with Crippen LogP contribution in [-0.4, -0.2) is 55.5 Å². The van der Waals surface area contributed by atoms with Crippen molar-refractivity contribution in [2.24, 2.45) is 16.8 Å². The molecule has 1 atom stereocenters. The summed E-state index contributed by atoms with van der Waals surface area (Å²) < 4.78 is 0. The van der Waals surface area contributed by atoms with Crippen molar-refractivity contribution >= 4 is 29.9 Å². The molecule has 0 aromatic heterocycles. The van der Waals surface area contributed by atoms with Crippen LogP contribution < -0.4 is 5.32 Å². The van der Waals surface area contributed by atoms with Crippen molar-refractivity contribution < 1.29 is 0 Å². The topological polar surface area (TPSA) is 30.9 Å². The molecule has 1 N–H and O–H groups in total. The number of hydrogen-bond acceptors (Lipinski definition) is 2. The number of guanidine groups is 1. The van der Waals surface area contributed by atoms with Gasteiger partial charge < -0.3 is 15.1 Å². The van der Waals surface area contributed by atoms with Gasteiger partial charge in [-0.05, 0) is 48.8 Å². The number of halogens is 1. The van der Waals surface area contributed by atoms with E-state index in [9.17, 15) is 0 Å². The third-order valence-electron chi connectivity index (χ3n) is 5.42. The number of likely N-dealkylation sites (tertiary alicyclic amines) is 1. The molecule has 0 saturated carbocycles. The molecular formula is C21H35IN4. The van der Waals surface area contributed by atoms with E-state index in [1.54, 1.807) is 0 Å². The van der Waals surface area contributed by atoms with Gasteiger partial charge in [-0.2, -0.15) is 0 Å². The minimum absolute atomic E-state index is 0. The minimum Gasteiger partial charge on any atom is -0.356 e. The molecule has 1 aromatic carbocycles. The third-order valence-corrected chi connectivity index (χ3v) is 5.42. The van der Waals surface area contributed by atoms with Crippen LogP contribution in [0, 0.1) is 11.8 Å². The maximum absolute atomic E-state index is 4.55. The fourth-order valence-electron chi connectivity index (χ4n) is 4.24. The Hall–Kier alpha value is -0.820. The SMILES string of the molecule is CN=C(NCC1CCCN(CC(C)C)C1)N1CCc2ccccc2C1.I. The predicted octanol–water partition coefficient (Wildman–Crippen LogP) is 3.61. The number of rotatable bonds is 4. The van der Waals surface area contributed by atoms with Crippen LogP contribution in [0.25, 0.3) is 0 Å². The average Bonchev–Trinajstić information content (AvgIpc) is 2.62. The lowest BCUT2D eigenvalue weighted by atomic mass is 9.97. The van der Waals surface area contributed by atoms with Crippen LogP contribution in [0.5, 0.6) is 0 Å². The highest BCUT2D eigenvalue weighted by atomic mass is 127. The van der Waals surface area contributed by atoms with Crippen LogP contribution in [0.2, 0.25) is 0 Å². The summed E-state index contributed by atoms with van der Waals surface area (Å²) in [6.45, 7) is 11.4. The Bertz CT molecular complexity index is 587. The summed E-state index contributed by atoms with van der Waals surface area (Å²) in [5.74, 6) is 2.56. The highest BCUT2D eigenvalue weighted by molar-refractivity contribution is 14.0. The van der Waals surface area contributed by atoms with E-state index in [2.05, 4.69) is 58.2 Å². The lowest BCUT2D eigenvalue weighted by molar-refractivity contribution is 0.159. The van der Waals surface area contributed by atoms with E-state index < -0.39 is 0 Å². The van der Waals surface area contributed by atoms with Gasteiger partial charge in [-0.25, -0.2) is 0 Å². The van der Waals surface area contributed by atoms with Crippen LogP contribution in [0.1, 0.15) is 37.8 Å². The molecule has 0 bridgehead atoms. The Morgan fingerprint density at radius 3 is 2.73 bits per heavy atom. The van der Waals surface area contributed by atoms with Gasteiger partial charge in [-0.3, -0.25) is 4.99 Å². The molecule has 2 aliphatic rings. The molecule has 0 amide bonds. The van der Waals surface area contributed by atoms with Gasteiger partial charge in [0, 0.05) is 39.8 Å². The van der Waals surface area contributed by atoms with Gasteiger partial charge in [0.05, 0.1) is 0 Å². The molecule has 0 aliphatic carbocycles. The molecule has 0 radical (unpaired) electrons. The Morgan fingerprint density at radius 2 is 2.00 bits per heavy atom. The predicted molar refractivity (Wildman–Crippen MR) is 121 cm³/mol. The molecule has 1 aromatic rings. The first kappa shape index (κ1) is 21.5. The normalized spacial score (nSPS) is 21.3. The zero-order valence-corrected chi connectivity index (χ0v) is 18.9. The van der Waals surface area contributed by atoms with Gasteiger partial charge in [0.1, 0.15) is 0 Å². The third kappa shape index (κ3) is 5.84. The number of benzene rings is 1. The van der Waals surface area contributed by atoms with E-state index in [0.717, 1.165) is 43.9 Å². The Balaban J connectivity index is 0.00000243. The quantitative estimate of drug-likeness (QED) is 0.415. The summed E-state index contributed by atoms with van der Waals surface area (Å²) in [6.07, 6.45) is 3.78. The second-order valence-corrected chi connectivity index (χ2v) is 8.03. The summed E-state index contributed by atoms with van der Waals surface area (Å²) in [6, 6.07) is 8.80. The van der Waals surface area contributed by atoms with Crippen LogP contribution >= 0.6 is 24.0 Å². The first-order valence-corrected chi connectivity index (χ1v) is 9.90. The Kier molecular flexibility index (Phi) is 8.67. The van der Waals surface area contributed by atoms with Crippen molar-refractivity contribution in [3.05, 3.63) is 35.4 Å².